The summed E-state index contributed by atoms with van der Waals surface area (Å²) in [7, 11) is -2.39. The fourth-order valence-corrected chi connectivity index (χ4v) is 4.36. The van der Waals surface area contributed by atoms with Crippen molar-refractivity contribution < 1.29 is 22.7 Å². The number of nitrogens with one attached hydrogen (secondary N) is 1. The number of methoxy groups -OCH3 is 1. The van der Waals surface area contributed by atoms with Gasteiger partial charge in [-0.05, 0) is 67.3 Å². The molecule has 0 saturated heterocycles. The van der Waals surface area contributed by atoms with Gasteiger partial charge in [0.05, 0.1) is 18.6 Å². The number of benzene rings is 2. The van der Waals surface area contributed by atoms with Crippen LogP contribution in [-0.4, -0.2) is 39.7 Å². The third kappa shape index (κ3) is 4.22. The molecule has 2 aromatic rings. The van der Waals surface area contributed by atoms with E-state index in [0.717, 1.165) is 16.7 Å². The molecule has 0 saturated carbocycles. The van der Waals surface area contributed by atoms with Crippen molar-refractivity contribution in [2.75, 3.05) is 25.0 Å². The lowest BCUT2D eigenvalue weighted by molar-refractivity contribution is 0.118. The summed E-state index contributed by atoms with van der Waals surface area (Å²) in [6.45, 7) is 5.17. The average Bonchev–Trinajstić information content (AvgIpc) is 2.68. The van der Waals surface area contributed by atoms with Crippen molar-refractivity contribution in [2.24, 2.45) is 0 Å². The first-order valence-corrected chi connectivity index (χ1v) is 10.5. The van der Waals surface area contributed by atoms with Gasteiger partial charge in [0.1, 0.15) is 5.75 Å². The molecule has 8 heteroatoms. The summed E-state index contributed by atoms with van der Waals surface area (Å²) >= 11 is 0. The molecule has 1 aliphatic rings. The molecule has 0 fully saturated rings. The van der Waals surface area contributed by atoms with E-state index >= 15 is 0 Å². The minimum atomic E-state index is -3.74. The molecule has 150 valence electrons. The second kappa shape index (κ2) is 8.10. The number of aryl methyl sites for hydroxylation is 1. The standard InChI is InChI=1S/C20H24N2O5S/c1-4-27-19-8-7-18(11-14(19)2)28(24,25)21-17-6-5-15-9-10-22(20(23)26-3)13-16(15)12-17/h5-8,11-12,21H,4,9-10,13H2,1-3H3. The summed E-state index contributed by atoms with van der Waals surface area (Å²) in [5.41, 5.74) is 3.21. The van der Waals surface area contributed by atoms with Gasteiger partial charge in [-0.25, -0.2) is 13.2 Å². The van der Waals surface area contributed by atoms with Crippen LogP contribution in [0.3, 0.4) is 0 Å². The van der Waals surface area contributed by atoms with E-state index in [-0.39, 0.29) is 11.0 Å². The Hall–Kier alpha value is -2.74. The first-order chi connectivity index (χ1) is 13.3. The van der Waals surface area contributed by atoms with E-state index in [1.54, 1.807) is 29.2 Å². The summed E-state index contributed by atoms with van der Waals surface area (Å²) < 4.78 is 38.4. The number of fused-ring (bicyclic) bond motifs is 1. The Morgan fingerprint density at radius 2 is 1.96 bits per heavy atom. The third-order valence-corrected chi connectivity index (χ3v) is 6.04. The summed E-state index contributed by atoms with van der Waals surface area (Å²) in [5, 5.41) is 0. The van der Waals surface area contributed by atoms with Gasteiger partial charge in [0.2, 0.25) is 0 Å². The Labute approximate surface area is 165 Å². The van der Waals surface area contributed by atoms with Crippen LogP contribution in [0.4, 0.5) is 10.5 Å². The Morgan fingerprint density at radius 1 is 1.18 bits per heavy atom. The molecule has 1 aliphatic heterocycles. The van der Waals surface area contributed by atoms with E-state index < -0.39 is 10.0 Å². The SMILES string of the molecule is CCOc1ccc(S(=O)(=O)Nc2ccc3c(c2)CN(C(=O)OC)CC3)cc1C. The van der Waals surface area contributed by atoms with E-state index in [0.29, 0.717) is 37.6 Å². The normalized spacial score (nSPS) is 13.6. The van der Waals surface area contributed by atoms with Crippen molar-refractivity contribution in [1.29, 1.82) is 0 Å². The largest absolute Gasteiger partial charge is 0.494 e. The predicted octanol–water partition coefficient (Wildman–Crippen LogP) is 3.32. The Balaban J connectivity index is 1.82. The van der Waals surface area contributed by atoms with Crippen LogP contribution < -0.4 is 9.46 Å². The molecule has 0 aliphatic carbocycles. The number of sulfonamides is 1. The molecular formula is C20H24N2O5S. The molecule has 3 rings (SSSR count). The van der Waals surface area contributed by atoms with Crippen molar-refractivity contribution in [1.82, 2.24) is 4.90 Å². The number of hydrogen-bond donors (Lipinski definition) is 1. The van der Waals surface area contributed by atoms with Gasteiger partial charge in [-0.3, -0.25) is 4.72 Å². The highest BCUT2D eigenvalue weighted by Crippen LogP contribution is 2.26. The zero-order chi connectivity index (χ0) is 20.3. The van der Waals surface area contributed by atoms with Crippen LogP contribution >= 0.6 is 0 Å². The molecule has 1 heterocycles. The number of anilines is 1. The topological polar surface area (TPSA) is 84.9 Å². The molecular weight excluding hydrogens is 380 g/mol. The van der Waals surface area contributed by atoms with Crippen molar-refractivity contribution >= 4 is 21.8 Å². The van der Waals surface area contributed by atoms with E-state index in [9.17, 15) is 13.2 Å². The highest BCUT2D eigenvalue weighted by molar-refractivity contribution is 7.92. The lowest BCUT2D eigenvalue weighted by Gasteiger charge is -2.28. The fourth-order valence-electron chi connectivity index (χ4n) is 3.23. The number of carbonyl (C=O) groups is 1. The molecule has 0 aromatic heterocycles. The second-order valence-corrected chi connectivity index (χ2v) is 8.27. The molecule has 7 nitrogen and oxygen atoms in total. The quantitative estimate of drug-likeness (QED) is 0.826. The van der Waals surface area contributed by atoms with Crippen molar-refractivity contribution in [3.63, 3.8) is 0 Å². The third-order valence-electron chi connectivity index (χ3n) is 4.66. The van der Waals surface area contributed by atoms with Crippen LogP contribution in [0, 0.1) is 6.92 Å². The molecule has 2 aromatic carbocycles. The summed E-state index contributed by atoms with van der Waals surface area (Å²) in [4.78, 5) is 13.5. The van der Waals surface area contributed by atoms with Gasteiger partial charge in [0, 0.05) is 18.8 Å². The van der Waals surface area contributed by atoms with Gasteiger partial charge < -0.3 is 14.4 Å². The molecule has 0 bridgehead atoms. The first-order valence-electron chi connectivity index (χ1n) is 9.05. The van der Waals surface area contributed by atoms with Crippen molar-refractivity contribution in [2.45, 2.75) is 31.7 Å². The Bertz CT molecular complexity index is 988. The molecule has 28 heavy (non-hydrogen) atoms. The zero-order valence-corrected chi connectivity index (χ0v) is 17.0. The van der Waals surface area contributed by atoms with Crippen LogP contribution in [0.2, 0.25) is 0 Å². The van der Waals surface area contributed by atoms with Gasteiger partial charge >= 0.3 is 6.09 Å². The average molecular weight is 404 g/mol. The molecule has 0 unspecified atom stereocenters. The van der Waals surface area contributed by atoms with Crippen molar-refractivity contribution in [3.8, 4) is 5.75 Å². The van der Waals surface area contributed by atoms with E-state index in [2.05, 4.69) is 4.72 Å². The summed E-state index contributed by atoms with van der Waals surface area (Å²) in [6, 6.07) is 10.2. The molecule has 0 radical (unpaired) electrons. The van der Waals surface area contributed by atoms with Crippen LogP contribution in [0.1, 0.15) is 23.6 Å². The molecule has 1 N–H and O–H groups in total. The maximum Gasteiger partial charge on any atom is 0.409 e. The van der Waals surface area contributed by atoms with Gasteiger partial charge in [-0.2, -0.15) is 0 Å². The maximum atomic E-state index is 12.8. The number of carbonyl (C=O) groups excluding carboxylic acids is 1. The van der Waals surface area contributed by atoms with Crippen LogP contribution in [0.5, 0.6) is 5.75 Å². The number of rotatable bonds is 5. The maximum absolute atomic E-state index is 12.8. The number of nitrogens with zero attached hydrogens (tertiary/aromatic N) is 1. The number of ether oxygens (including phenoxy) is 2. The van der Waals surface area contributed by atoms with Gasteiger partial charge in [-0.1, -0.05) is 6.07 Å². The number of amides is 1. The highest BCUT2D eigenvalue weighted by Gasteiger charge is 2.22. The molecule has 0 spiro atoms. The van der Waals surface area contributed by atoms with E-state index in [4.69, 9.17) is 9.47 Å². The van der Waals surface area contributed by atoms with Gasteiger partial charge in [-0.15, -0.1) is 0 Å². The van der Waals surface area contributed by atoms with Crippen LogP contribution in [0.15, 0.2) is 41.3 Å². The molecule has 0 atom stereocenters. The fraction of sp³-hybridized carbons (Fsp3) is 0.350. The van der Waals surface area contributed by atoms with E-state index in [1.165, 1.54) is 13.2 Å². The second-order valence-electron chi connectivity index (χ2n) is 6.59. The zero-order valence-electron chi connectivity index (χ0n) is 16.2. The van der Waals surface area contributed by atoms with Crippen LogP contribution in [0.25, 0.3) is 0 Å². The summed E-state index contributed by atoms with van der Waals surface area (Å²) in [5.74, 6) is 0.665. The van der Waals surface area contributed by atoms with Crippen molar-refractivity contribution in [3.05, 3.63) is 53.1 Å². The lowest BCUT2D eigenvalue weighted by atomic mass is 9.99. The Morgan fingerprint density at radius 3 is 2.64 bits per heavy atom. The monoisotopic (exact) mass is 404 g/mol. The van der Waals surface area contributed by atoms with Crippen LogP contribution in [-0.2, 0) is 27.7 Å². The lowest BCUT2D eigenvalue weighted by Crippen LogP contribution is -2.35. The predicted molar refractivity (Wildman–Crippen MR) is 106 cm³/mol. The minimum absolute atomic E-state index is 0.169. The minimum Gasteiger partial charge on any atom is -0.494 e. The number of hydrogen-bond acceptors (Lipinski definition) is 5. The highest BCUT2D eigenvalue weighted by atomic mass is 32.2. The van der Waals surface area contributed by atoms with E-state index in [1.807, 2.05) is 19.9 Å². The van der Waals surface area contributed by atoms with Gasteiger partial charge in [0.25, 0.3) is 10.0 Å². The Kier molecular flexibility index (Phi) is 5.79. The smallest absolute Gasteiger partial charge is 0.409 e. The summed E-state index contributed by atoms with van der Waals surface area (Å²) in [6.07, 6.45) is 0.316. The molecule has 1 amide bonds. The van der Waals surface area contributed by atoms with Gasteiger partial charge in [0.15, 0.2) is 0 Å². The first kappa shape index (κ1) is 20.0.